The first-order valence-electron chi connectivity index (χ1n) is 8.08. The summed E-state index contributed by atoms with van der Waals surface area (Å²) < 4.78 is 0. The van der Waals surface area contributed by atoms with Crippen molar-refractivity contribution in [1.29, 1.82) is 0 Å². The molecule has 0 spiro atoms. The van der Waals surface area contributed by atoms with Crippen LogP contribution in [0.15, 0.2) is 0 Å². The third kappa shape index (κ3) is 3.13. The summed E-state index contributed by atoms with van der Waals surface area (Å²) in [7, 11) is 0. The fourth-order valence-electron chi connectivity index (χ4n) is 4.10. The Morgan fingerprint density at radius 3 is 2.47 bits per heavy atom. The second-order valence-electron chi connectivity index (χ2n) is 6.64. The fourth-order valence-corrected chi connectivity index (χ4v) is 4.10. The zero-order valence-electron chi connectivity index (χ0n) is 12.5. The van der Waals surface area contributed by atoms with E-state index in [4.69, 9.17) is 0 Å². The number of carboxylic acid groups (broad SMARTS) is 1. The third-order valence-electron chi connectivity index (χ3n) is 5.48. The van der Waals surface area contributed by atoms with Gasteiger partial charge in [-0.15, -0.1) is 0 Å². The largest absolute Gasteiger partial charge is 0.481 e. The van der Waals surface area contributed by atoms with Gasteiger partial charge in [-0.05, 0) is 51.0 Å². The first-order chi connectivity index (χ1) is 9.11. The standard InChI is InChI=1S/C16H29NO2/c1-3-9-16(15(18)19)10-11-17(12-16)14-7-5-13(4-2)6-8-14/h13-14H,3-12H2,1-2H3,(H,18,19). The molecule has 0 aromatic heterocycles. The van der Waals surface area contributed by atoms with E-state index in [9.17, 15) is 9.90 Å². The Hall–Kier alpha value is -0.570. The highest BCUT2D eigenvalue weighted by Crippen LogP contribution is 2.39. The van der Waals surface area contributed by atoms with E-state index < -0.39 is 11.4 Å². The van der Waals surface area contributed by atoms with Gasteiger partial charge in [0.05, 0.1) is 5.41 Å². The molecule has 1 N–H and O–H groups in total. The van der Waals surface area contributed by atoms with E-state index in [2.05, 4.69) is 18.7 Å². The van der Waals surface area contributed by atoms with E-state index in [1.165, 1.54) is 32.1 Å². The lowest BCUT2D eigenvalue weighted by molar-refractivity contribution is -0.148. The van der Waals surface area contributed by atoms with Crippen LogP contribution in [0.2, 0.25) is 0 Å². The Kier molecular flexibility index (Phi) is 4.88. The lowest BCUT2D eigenvalue weighted by Crippen LogP contribution is -2.40. The van der Waals surface area contributed by atoms with Gasteiger partial charge in [-0.25, -0.2) is 0 Å². The van der Waals surface area contributed by atoms with Crippen molar-refractivity contribution in [2.75, 3.05) is 13.1 Å². The summed E-state index contributed by atoms with van der Waals surface area (Å²) in [6.07, 6.45) is 9.20. The molecule has 0 aromatic carbocycles. The molecule has 0 radical (unpaired) electrons. The summed E-state index contributed by atoms with van der Waals surface area (Å²) in [5, 5.41) is 9.56. The first kappa shape index (κ1) is 14.8. The Balaban J connectivity index is 1.92. The van der Waals surface area contributed by atoms with Crippen LogP contribution in [0.5, 0.6) is 0 Å². The molecule has 0 aromatic rings. The van der Waals surface area contributed by atoms with Crippen molar-refractivity contribution < 1.29 is 9.90 Å². The van der Waals surface area contributed by atoms with Crippen LogP contribution in [0.4, 0.5) is 0 Å². The van der Waals surface area contributed by atoms with Gasteiger partial charge >= 0.3 is 5.97 Å². The summed E-state index contributed by atoms with van der Waals surface area (Å²) in [4.78, 5) is 14.1. The van der Waals surface area contributed by atoms with Crippen molar-refractivity contribution in [1.82, 2.24) is 4.90 Å². The Labute approximate surface area is 117 Å². The number of likely N-dealkylation sites (tertiary alicyclic amines) is 1. The molecule has 110 valence electrons. The van der Waals surface area contributed by atoms with E-state index in [1.807, 2.05) is 0 Å². The van der Waals surface area contributed by atoms with Crippen LogP contribution in [0, 0.1) is 11.3 Å². The first-order valence-corrected chi connectivity index (χ1v) is 8.08. The van der Waals surface area contributed by atoms with E-state index >= 15 is 0 Å². The summed E-state index contributed by atoms with van der Waals surface area (Å²) in [5.41, 5.74) is -0.448. The summed E-state index contributed by atoms with van der Waals surface area (Å²) in [6, 6.07) is 0.654. The van der Waals surface area contributed by atoms with Crippen LogP contribution in [-0.4, -0.2) is 35.1 Å². The van der Waals surface area contributed by atoms with Gasteiger partial charge in [0.1, 0.15) is 0 Å². The topological polar surface area (TPSA) is 40.5 Å². The van der Waals surface area contributed by atoms with Crippen molar-refractivity contribution in [3.63, 3.8) is 0 Å². The van der Waals surface area contributed by atoms with Crippen LogP contribution in [-0.2, 0) is 4.79 Å². The zero-order chi connectivity index (χ0) is 13.9. The number of aliphatic carboxylic acids is 1. The van der Waals surface area contributed by atoms with Crippen LogP contribution >= 0.6 is 0 Å². The van der Waals surface area contributed by atoms with Gasteiger partial charge in [-0.1, -0.05) is 26.7 Å². The maximum absolute atomic E-state index is 11.6. The van der Waals surface area contributed by atoms with Crippen LogP contribution < -0.4 is 0 Å². The number of nitrogens with zero attached hydrogens (tertiary/aromatic N) is 1. The van der Waals surface area contributed by atoms with Gasteiger partial charge in [-0.2, -0.15) is 0 Å². The molecular weight excluding hydrogens is 238 g/mol. The minimum atomic E-state index is -0.570. The van der Waals surface area contributed by atoms with Gasteiger partial charge in [0.15, 0.2) is 0 Å². The highest BCUT2D eigenvalue weighted by atomic mass is 16.4. The average molecular weight is 267 g/mol. The molecule has 2 fully saturated rings. The molecule has 3 nitrogen and oxygen atoms in total. The van der Waals surface area contributed by atoms with E-state index in [-0.39, 0.29) is 0 Å². The molecule has 0 amide bonds. The maximum Gasteiger partial charge on any atom is 0.310 e. The number of hydrogen-bond donors (Lipinski definition) is 1. The molecule has 0 bridgehead atoms. The van der Waals surface area contributed by atoms with Gasteiger partial charge in [0.2, 0.25) is 0 Å². The van der Waals surface area contributed by atoms with Crippen molar-refractivity contribution >= 4 is 5.97 Å². The van der Waals surface area contributed by atoms with E-state index in [0.29, 0.717) is 6.04 Å². The number of rotatable bonds is 5. The van der Waals surface area contributed by atoms with Gasteiger partial charge in [0.25, 0.3) is 0 Å². The predicted molar refractivity (Wildman–Crippen MR) is 77.2 cm³/mol. The summed E-state index contributed by atoms with van der Waals surface area (Å²) in [6.45, 7) is 6.17. The molecule has 1 saturated carbocycles. The van der Waals surface area contributed by atoms with Crippen molar-refractivity contribution in [3.8, 4) is 0 Å². The van der Waals surface area contributed by atoms with Crippen molar-refractivity contribution in [2.24, 2.45) is 11.3 Å². The molecular formula is C16H29NO2. The van der Waals surface area contributed by atoms with E-state index in [1.54, 1.807) is 0 Å². The molecule has 1 saturated heterocycles. The highest BCUT2D eigenvalue weighted by molar-refractivity contribution is 5.75. The summed E-state index contributed by atoms with van der Waals surface area (Å²) >= 11 is 0. The van der Waals surface area contributed by atoms with Crippen LogP contribution in [0.3, 0.4) is 0 Å². The third-order valence-corrected chi connectivity index (χ3v) is 5.48. The lowest BCUT2D eigenvalue weighted by Gasteiger charge is -2.35. The number of carbonyl (C=O) groups is 1. The zero-order valence-corrected chi connectivity index (χ0v) is 12.5. The minimum absolute atomic E-state index is 0.448. The van der Waals surface area contributed by atoms with Gasteiger partial charge in [0, 0.05) is 12.6 Å². The molecule has 1 atom stereocenters. The van der Waals surface area contributed by atoms with Crippen molar-refractivity contribution in [3.05, 3.63) is 0 Å². The number of carboxylic acids is 1. The van der Waals surface area contributed by atoms with Crippen molar-refractivity contribution in [2.45, 2.75) is 71.3 Å². The average Bonchev–Trinajstić information content (AvgIpc) is 2.85. The second-order valence-corrected chi connectivity index (χ2v) is 6.64. The normalized spacial score (nSPS) is 36.5. The Morgan fingerprint density at radius 2 is 1.95 bits per heavy atom. The number of hydrogen-bond acceptors (Lipinski definition) is 2. The molecule has 1 aliphatic heterocycles. The maximum atomic E-state index is 11.6. The molecule has 1 unspecified atom stereocenters. The molecule has 3 heteroatoms. The minimum Gasteiger partial charge on any atom is -0.481 e. The Morgan fingerprint density at radius 1 is 1.26 bits per heavy atom. The molecule has 19 heavy (non-hydrogen) atoms. The molecule has 1 aliphatic carbocycles. The summed E-state index contributed by atoms with van der Waals surface area (Å²) in [5.74, 6) is 0.345. The molecule has 2 aliphatic rings. The van der Waals surface area contributed by atoms with Gasteiger partial charge in [-0.3, -0.25) is 9.69 Å². The fraction of sp³-hybridized carbons (Fsp3) is 0.938. The van der Waals surface area contributed by atoms with Crippen LogP contribution in [0.25, 0.3) is 0 Å². The van der Waals surface area contributed by atoms with Crippen LogP contribution in [0.1, 0.15) is 65.2 Å². The van der Waals surface area contributed by atoms with E-state index in [0.717, 1.165) is 38.3 Å². The molecule has 1 heterocycles. The second kappa shape index (κ2) is 6.25. The highest BCUT2D eigenvalue weighted by Gasteiger charge is 2.45. The monoisotopic (exact) mass is 267 g/mol. The SMILES string of the molecule is CCCC1(C(=O)O)CCN(C2CCC(CC)CC2)C1. The van der Waals surface area contributed by atoms with Gasteiger partial charge < -0.3 is 5.11 Å². The quantitative estimate of drug-likeness (QED) is 0.828. The predicted octanol–water partition coefficient (Wildman–Crippen LogP) is 3.53. The smallest absolute Gasteiger partial charge is 0.310 e. The molecule has 2 rings (SSSR count). The lowest BCUT2D eigenvalue weighted by atomic mass is 9.82. The Bertz CT molecular complexity index is 310.